The van der Waals surface area contributed by atoms with Crippen molar-refractivity contribution < 1.29 is 19.2 Å². The second-order valence-corrected chi connectivity index (χ2v) is 8.36. The van der Waals surface area contributed by atoms with Gasteiger partial charge in [-0.05, 0) is 37.8 Å². The number of carbonyl (C=O) groups excluding carboxylic acids is 2. The van der Waals surface area contributed by atoms with Gasteiger partial charge in [-0.3, -0.25) is 14.4 Å². The molecule has 1 aromatic rings. The van der Waals surface area contributed by atoms with Crippen LogP contribution in [0.1, 0.15) is 51.0 Å². The molecule has 0 aliphatic carbocycles. The smallest absolute Gasteiger partial charge is 0.269 e. The molecule has 2 amide bonds. The van der Waals surface area contributed by atoms with Gasteiger partial charge in [0.25, 0.3) is 5.91 Å². The molecule has 2 fully saturated rings. The van der Waals surface area contributed by atoms with Crippen LogP contribution in [-0.4, -0.2) is 61.9 Å². The van der Waals surface area contributed by atoms with E-state index in [0.717, 1.165) is 37.8 Å². The molecule has 3 rings (SSSR count). The van der Waals surface area contributed by atoms with E-state index in [4.69, 9.17) is 9.57 Å². The Morgan fingerprint density at radius 2 is 1.97 bits per heavy atom. The fraction of sp³-hybridized carbons (Fsp3) is 0.652. The highest BCUT2D eigenvalue weighted by molar-refractivity contribution is 5.89. The van der Waals surface area contributed by atoms with Crippen molar-refractivity contribution in [1.82, 2.24) is 15.7 Å². The number of carbonyl (C=O) groups is 2. The van der Waals surface area contributed by atoms with Crippen LogP contribution >= 0.6 is 0 Å². The normalized spacial score (nSPS) is 23.4. The fourth-order valence-corrected chi connectivity index (χ4v) is 4.42. The third kappa shape index (κ3) is 5.39. The maximum absolute atomic E-state index is 13.3. The Morgan fingerprint density at radius 3 is 2.57 bits per heavy atom. The summed E-state index contributed by atoms with van der Waals surface area (Å²) in [5.74, 6) is -0.939. The molecule has 30 heavy (non-hydrogen) atoms. The summed E-state index contributed by atoms with van der Waals surface area (Å²) in [6.07, 6.45) is 3.68. The summed E-state index contributed by atoms with van der Waals surface area (Å²) in [4.78, 5) is 32.1. The molecule has 0 spiro atoms. The van der Waals surface area contributed by atoms with Gasteiger partial charge in [0.05, 0.1) is 18.6 Å². The lowest BCUT2D eigenvalue weighted by Gasteiger charge is -2.34. The van der Waals surface area contributed by atoms with Crippen molar-refractivity contribution in [1.29, 1.82) is 0 Å². The molecule has 5 atom stereocenters. The SMILES string of the molecule is COC(C1CCCN1)C(C)C(=O)NC(C(=O)N1CCCCO1)C(C)c1ccccc1. The molecule has 2 aliphatic rings. The third-order valence-corrected chi connectivity index (χ3v) is 6.31. The monoisotopic (exact) mass is 417 g/mol. The van der Waals surface area contributed by atoms with Crippen molar-refractivity contribution in [2.24, 2.45) is 5.92 Å². The first-order chi connectivity index (χ1) is 14.5. The number of nitrogens with zero attached hydrogens (tertiary/aromatic N) is 1. The first-order valence-corrected chi connectivity index (χ1v) is 11.1. The lowest BCUT2D eigenvalue weighted by molar-refractivity contribution is -0.200. The quantitative estimate of drug-likeness (QED) is 0.678. The molecule has 7 nitrogen and oxygen atoms in total. The fourth-order valence-electron chi connectivity index (χ4n) is 4.42. The minimum atomic E-state index is -0.700. The van der Waals surface area contributed by atoms with Gasteiger partial charge in [-0.25, -0.2) is 5.06 Å². The zero-order chi connectivity index (χ0) is 21.5. The average molecular weight is 418 g/mol. The summed E-state index contributed by atoms with van der Waals surface area (Å²) in [5, 5.41) is 7.87. The average Bonchev–Trinajstić information content (AvgIpc) is 3.32. The van der Waals surface area contributed by atoms with Gasteiger partial charge >= 0.3 is 0 Å². The van der Waals surface area contributed by atoms with E-state index in [1.165, 1.54) is 5.06 Å². The highest BCUT2D eigenvalue weighted by Gasteiger charge is 2.37. The maximum Gasteiger partial charge on any atom is 0.269 e. The Labute approximate surface area is 179 Å². The van der Waals surface area contributed by atoms with Crippen LogP contribution in [0.15, 0.2) is 30.3 Å². The number of benzene rings is 1. The Hall–Kier alpha value is -1.96. The summed E-state index contributed by atoms with van der Waals surface area (Å²) < 4.78 is 5.68. The van der Waals surface area contributed by atoms with E-state index >= 15 is 0 Å². The van der Waals surface area contributed by atoms with Gasteiger partial charge in [-0.2, -0.15) is 0 Å². The van der Waals surface area contributed by atoms with Crippen molar-refractivity contribution in [3.63, 3.8) is 0 Å². The predicted octanol–water partition coefficient (Wildman–Crippen LogP) is 2.23. The standard InChI is InChI=1S/C23H35N3O4/c1-16(18-10-5-4-6-11-18)20(23(28)26-14-7-8-15-30-26)25-22(27)17(2)21(29-3)19-12-9-13-24-19/h4-6,10-11,16-17,19-21,24H,7-9,12-15H2,1-3H3,(H,25,27). The number of ether oxygens (including phenoxy) is 1. The van der Waals surface area contributed by atoms with Crippen molar-refractivity contribution in [3.05, 3.63) is 35.9 Å². The number of methoxy groups -OCH3 is 1. The highest BCUT2D eigenvalue weighted by atomic mass is 16.7. The van der Waals surface area contributed by atoms with Gasteiger partial charge < -0.3 is 15.4 Å². The zero-order valence-corrected chi connectivity index (χ0v) is 18.3. The van der Waals surface area contributed by atoms with Crippen LogP contribution in [0.4, 0.5) is 0 Å². The zero-order valence-electron chi connectivity index (χ0n) is 18.3. The number of amides is 2. The van der Waals surface area contributed by atoms with Gasteiger partial charge in [0.15, 0.2) is 0 Å². The van der Waals surface area contributed by atoms with Gasteiger partial charge in [0.1, 0.15) is 6.04 Å². The first-order valence-electron chi connectivity index (χ1n) is 11.1. The van der Waals surface area contributed by atoms with Crippen LogP contribution in [0.25, 0.3) is 0 Å². The summed E-state index contributed by atoms with van der Waals surface area (Å²) in [6.45, 7) is 5.86. The van der Waals surface area contributed by atoms with E-state index in [0.29, 0.717) is 13.2 Å². The number of nitrogens with one attached hydrogen (secondary N) is 2. The van der Waals surface area contributed by atoms with E-state index in [-0.39, 0.29) is 35.8 Å². The van der Waals surface area contributed by atoms with Crippen molar-refractivity contribution in [2.75, 3.05) is 26.8 Å². The molecule has 2 N–H and O–H groups in total. The molecule has 5 unspecified atom stereocenters. The number of hydroxylamine groups is 2. The third-order valence-electron chi connectivity index (χ3n) is 6.31. The molecule has 2 aliphatic heterocycles. The van der Waals surface area contributed by atoms with Gasteiger partial charge in [0, 0.05) is 25.6 Å². The second kappa shape index (κ2) is 10.9. The van der Waals surface area contributed by atoms with Crippen molar-refractivity contribution in [3.8, 4) is 0 Å². The molecular weight excluding hydrogens is 382 g/mol. The largest absolute Gasteiger partial charge is 0.379 e. The molecule has 2 heterocycles. The van der Waals surface area contributed by atoms with Crippen LogP contribution < -0.4 is 10.6 Å². The van der Waals surface area contributed by atoms with Crippen LogP contribution in [0.5, 0.6) is 0 Å². The van der Waals surface area contributed by atoms with Crippen LogP contribution in [0.2, 0.25) is 0 Å². The molecule has 0 bridgehead atoms. The molecule has 0 radical (unpaired) electrons. The molecular formula is C23H35N3O4. The van der Waals surface area contributed by atoms with Crippen molar-refractivity contribution >= 4 is 11.8 Å². The molecule has 0 saturated carbocycles. The minimum absolute atomic E-state index is 0.155. The summed E-state index contributed by atoms with van der Waals surface area (Å²) in [7, 11) is 1.64. The van der Waals surface area contributed by atoms with Gasteiger partial charge in [0.2, 0.25) is 5.91 Å². The van der Waals surface area contributed by atoms with E-state index in [1.54, 1.807) is 7.11 Å². The molecule has 166 valence electrons. The number of hydrogen-bond donors (Lipinski definition) is 2. The lowest BCUT2D eigenvalue weighted by atomic mass is 9.90. The maximum atomic E-state index is 13.3. The number of rotatable bonds is 8. The molecule has 0 aromatic heterocycles. The predicted molar refractivity (Wildman–Crippen MR) is 115 cm³/mol. The van der Waals surface area contributed by atoms with Gasteiger partial charge in [-0.15, -0.1) is 0 Å². The Morgan fingerprint density at radius 1 is 1.20 bits per heavy atom. The number of hydrogen-bond acceptors (Lipinski definition) is 5. The summed E-state index contributed by atoms with van der Waals surface area (Å²) in [5.41, 5.74) is 1.00. The second-order valence-electron chi connectivity index (χ2n) is 8.36. The Kier molecular flexibility index (Phi) is 8.24. The topological polar surface area (TPSA) is 79.9 Å². The Bertz CT molecular complexity index is 687. The van der Waals surface area contributed by atoms with E-state index in [2.05, 4.69) is 10.6 Å². The highest BCUT2D eigenvalue weighted by Crippen LogP contribution is 2.24. The van der Waals surface area contributed by atoms with E-state index < -0.39 is 6.04 Å². The molecule has 7 heteroatoms. The van der Waals surface area contributed by atoms with Crippen LogP contribution in [0, 0.1) is 5.92 Å². The van der Waals surface area contributed by atoms with Crippen LogP contribution in [-0.2, 0) is 19.2 Å². The van der Waals surface area contributed by atoms with Crippen molar-refractivity contribution in [2.45, 2.75) is 63.6 Å². The Balaban J connectivity index is 1.76. The minimum Gasteiger partial charge on any atom is -0.379 e. The summed E-state index contributed by atoms with van der Waals surface area (Å²) in [6, 6.07) is 9.26. The van der Waals surface area contributed by atoms with E-state index in [1.807, 2.05) is 44.2 Å². The van der Waals surface area contributed by atoms with Crippen LogP contribution in [0.3, 0.4) is 0 Å². The lowest BCUT2D eigenvalue weighted by Crippen LogP contribution is -2.55. The molecule has 2 saturated heterocycles. The molecule has 1 aromatic carbocycles. The van der Waals surface area contributed by atoms with Gasteiger partial charge in [-0.1, -0.05) is 44.2 Å². The first kappa shape index (κ1) is 22.7. The summed E-state index contributed by atoms with van der Waals surface area (Å²) >= 11 is 0. The van der Waals surface area contributed by atoms with E-state index in [9.17, 15) is 9.59 Å².